The number of rotatable bonds is 5. The van der Waals surface area contributed by atoms with Gasteiger partial charge in [-0.15, -0.1) is 0 Å². The van der Waals surface area contributed by atoms with Gasteiger partial charge >= 0.3 is 0 Å². The van der Waals surface area contributed by atoms with E-state index in [0.717, 1.165) is 11.1 Å². The number of hydrogen-bond donors (Lipinski definition) is 2. The number of nitrogens with zero attached hydrogens (tertiary/aromatic N) is 3. The van der Waals surface area contributed by atoms with Gasteiger partial charge in [0.2, 0.25) is 0 Å². The van der Waals surface area contributed by atoms with E-state index in [0.29, 0.717) is 30.5 Å². The monoisotopic (exact) mass is 348 g/mol. The molecule has 6 heteroatoms. The van der Waals surface area contributed by atoms with Crippen LogP contribution in [-0.2, 0) is 6.42 Å². The highest BCUT2D eigenvalue weighted by atomic mass is 16.3. The third-order valence-corrected chi connectivity index (χ3v) is 4.92. The molecule has 1 aliphatic carbocycles. The predicted molar refractivity (Wildman–Crippen MR) is 97.5 cm³/mol. The summed E-state index contributed by atoms with van der Waals surface area (Å²) in [6, 6.07) is 11.3. The summed E-state index contributed by atoms with van der Waals surface area (Å²) in [7, 11) is 0. The fraction of sp³-hybridized carbons (Fsp3) is 0.300. The minimum Gasteiger partial charge on any atom is -0.393 e. The zero-order valence-corrected chi connectivity index (χ0v) is 14.2. The molecule has 1 amide bonds. The van der Waals surface area contributed by atoms with Crippen molar-refractivity contribution in [1.29, 1.82) is 0 Å². The zero-order valence-electron chi connectivity index (χ0n) is 14.2. The number of carbonyl (C=O) groups is 1. The highest BCUT2D eigenvalue weighted by molar-refractivity contribution is 5.94. The predicted octanol–water partition coefficient (Wildman–Crippen LogP) is 2.14. The van der Waals surface area contributed by atoms with Crippen molar-refractivity contribution in [3.8, 4) is 0 Å². The Labute approximate surface area is 151 Å². The van der Waals surface area contributed by atoms with Crippen LogP contribution >= 0.6 is 0 Å². The number of benzene rings is 1. The first-order valence-corrected chi connectivity index (χ1v) is 8.78. The van der Waals surface area contributed by atoms with Gasteiger partial charge in [0.25, 0.3) is 5.91 Å². The van der Waals surface area contributed by atoms with Crippen molar-refractivity contribution in [2.45, 2.75) is 31.4 Å². The smallest absolute Gasteiger partial charge is 0.271 e. The molecule has 2 aromatic heterocycles. The normalized spacial score (nSPS) is 20.3. The number of fused-ring (bicyclic) bond motifs is 1. The van der Waals surface area contributed by atoms with Crippen LogP contribution in [0.3, 0.4) is 0 Å². The Morgan fingerprint density at radius 2 is 1.88 bits per heavy atom. The molecular formula is C20H20N4O2. The molecule has 1 fully saturated rings. The van der Waals surface area contributed by atoms with Gasteiger partial charge in [0, 0.05) is 18.4 Å². The second kappa shape index (κ2) is 7.17. The zero-order chi connectivity index (χ0) is 17.9. The maximum absolute atomic E-state index is 12.7. The average molecular weight is 348 g/mol. The Kier molecular flexibility index (Phi) is 4.58. The Morgan fingerprint density at radius 1 is 1.15 bits per heavy atom. The van der Waals surface area contributed by atoms with Crippen LogP contribution < -0.4 is 5.32 Å². The third-order valence-electron chi connectivity index (χ3n) is 4.92. The first-order valence-electron chi connectivity index (χ1n) is 8.78. The third kappa shape index (κ3) is 3.55. The summed E-state index contributed by atoms with van der Waals surface area (Å²) in [5, 5.41) is 12.8. The van der Waals surface area contributed by atoms with Gasteiger partial charge in [0.15, 0.2) is 0 Å². The minimum atomic E-state index is -0.266. The Bertz CT molecular complexity index is 910. The van der Waals surface area contributed by atoms with Gasteiger partial charge in [-0.2, -0.15) is 0 Å². The van der Waals surface area contributed by atoms with Crippen LogP contribution in [-0.4, -0.2) is 38.1 Å². The summed E-state index contributed by atoms with van der Waals surface area (Å²) < 4.78 is 0. The lowest BCUT2D eigenvalue weighted by molar-refractivity contribution is 0.0239. The van der Waals surface area contributed by atoms with Crippen LogP contribution in [0.4, 0.5) is 0 Å². The van der Waals surface area contributed by atoms with Crippen molar-refractivity contribution in [3.63, 3.8) is 0 Å². The van der Waals surface area contributed by atoms with Crippen LogP contribution in [0.25, 0.3) is 11.0 Å². The molecule has 0 bridgehead atoms. The van der Waals surface area contributed by atoms with Gasteiger partial charge in [-0.25, -0.2) is 4.98 Å². The number of aliphatic hydroxyl groups excluding tert-OH is 1. The molecule has 0 saturated heterocycles. The van der Waals surface area contributed by atoms with Gasteiger partial charge in [-0.3, -0.25) is 14.8 Å². The van der Waals surface area contributed by atoms with Crippen LogP contribution in [0, 0.1) is 5.92 Å². The molecule has 3 aromatic rings. The topological polar surface area (TPSA) is 88.0 Å². The van der Waals surface area contributed by atoms with Crippen molar-refractivity contribution < 1.29 is 9.90 Å². The second-order valence-electron chi connectivity index (χ2n) is 6.77. The summed E-state index contributed by atoms with van der Waals surface area (Å²) in [5.74, 6) is 0.0271. The van der Waals surface area contributed by atoms with Gasteiger partial charge in [-0.1, -0.05) is 12.1 Å². The standard InChI is InChI=1S/C20H20N4O2/c25-15-10-14(11-15)18(9-13-5-7-21-8-6-13)24-20(26)19-12-22-16-3-1-2-4-17(16)23-19/h1-8,12,14-15,18,25H,9-11H2,(H,24,26)/t14?,15?,18-/m1/s1. The lowest BCUT2D eigenvalue weighted by Gasteiger charge is -2.38. The molecule has 6 nitrogen and oxygen atoms in total. The lowest BCUT2D eigenvalue weighted by atomic mass is 9.75. The second-order valence-corrected chi connectivity index (χ2v) is 6.77. The van der Waals surface area contributed by atoms with E-state index in [4.69, 9.17) is 0 Å². The molecule has 1 saturated carbocycles. The van der Waals surface area contributed by atoms with E-state index >= 15 is 0 Å². The summed E-state index contributed by atoms with van der Waals surface area (Å²) >= 11 is 0. The number of pyridine rings is 1. The molecule has 1 aromatic carbocycles. The van der Waals surface area contributed by atoms with Crippen molar-refractivity contribution in [3.05, 3.63) is 66.2 Å². The molecule has 0 radical (unpaired) electrons. The van der Waals surface area contributed by atoms with E-state index in [1.165, 1.54) is 6.20 Å². The lowest BCUT2D eigenvalue weighted by Crippen LogP contribution is -2.48. The van der Waals surface area contributed by atoms with Gasteiger partial charge in [-0.05, 0) is 55.0 Å². The molecule has 0 spiro atoms. The SMILES string of the molecule is O=C(N[C@H](Cc1ccncc1)C1CC(O)C1)c1cnc2ccccc2n1. The van der Waals surface area contributed by atoms with E-state index in [2.05, 4.69) is 20.3 Å². The fourth-order valence-electron chi connectivity index (χ4n) is 3.38. The quantitative estimate of drug-likeness (QED) is 0.737. The molecule has 132 valence electrons. The summed E-state index contributed by atoms with van der Waals surface area (Å²) in [4.78, 5) is 25.5. The Hall–Kier alpha value is -2.86. The number of aliphatic hydroxyl groups is 1. The Morgan fingerprint density at radius 3 is 2.62 bits per heavy atom. The van der Waals surface area contributed by atoms with Crippen molar-refractivity contribution in [2.24, 2.45) is 5.92 Å². The van der Waals surface area contributed by atoms with Crippen molar-refractivity contribution in [1.82, 2.24) is 20.3 Å². The number of para-hydroxylation sites is 2. The molecule has 2 N–H and O–H groups in total. The molecular weight excluding hydrogens is 328 g/mol. The van der Waals surface area contributed by atoms with Crippen LogP contribution in [0.5, 0.6) is 0 Å². The maximum Gasteiger partial charge on any atom is 0.271 e. The van der Waals surface area contributed by atoms with E-state index in [1.54, 1.807) is 12.4 Å². The van der Waals surface area contributed by atoms with Gasteiger partial charge in [0.05, 0.1) is 23.3 Å². The highest BCUT2D eigenvalue weighted by Crippen LogP contribution is 2.31. The number of aromatic nitrogens is 3. The minimum absolute atomic E-state index is 0.0541. The fourth-order valence-corrected chi connectivity index (χ4v) is 3.38. The van der Waals surface area contributed by atoms with Crippen LogP contribution in [0.15, 0.2) is 55.0 Å². The Balaban J connectivity index is 1.52. The van der Waals surface area contributed by atoms with Gasteiger partial charge in [0.1, 0.15) is 5.69 Å². The number of carbonyl (C=O) groups excluding carboxylic acids is 1. The maximum atomic E-state index is 12.7. The molecule has 0 unspecified atom stereocenters. The number of amides is 1. The largest absolute Gasteiger partial charge is 0.393 e. The molecule has 26 heavy (non-hydrogen) atoms. The first-order chi connectivity index (χ1) is 12.7. The summed E-state index contributed by atoms with van der Waals surface area (Å²) in [6.45, 7) is 0. The van der Waals surface area contributed by atoms with E-state index in [-0.39, 0.29) is 24.0 Å². The first kappa shape index (κ1) is 16.6. The van der Waals surface area contributed by atoms with Crippen LogP contribution in [0.2, 0.25) is 0 Å². The van der Waals surface area contributed by atoms with E-state index in [1.807, 2.05) is 36.4 Å². The molecule has 4 rings (SSSR count). The highest BCUT2D eigenvalue weighted by Gasteiger charge is 2.35. The number of nitrogens with one attached hydrogen (secondary N) is 1. The van der Waals surface area contributed by atoms with Crippen molar-refractivity contribution >= 4 is 16.9 Å². The molecule has 1 atom stereocenters. The van der Waals surface area contributed by atoms with E-state index < -0.39 is 0 Å². The van der Waals surface area contributed by atoms with Crippen molar-refractivity contribution in [2.75, 3.05) is 0 Å². The summed E-state index contributed by atoms with van der Waals surface area (Å²) in [6.07, 6.45) is 6.86. The molecule has 2 heterocycles. The number of hydrogen-bond acceptors (Lipinski definition) is 5. The van der Waals surface area contributed by atoms with Crippen LogP contribution in [0.1, 0.15) is 28.9 Å². The molecule has 1 aliphatic rings. The van der Waals surface area contributed by atoms with E-state index in [9.17, 15) is 9.90 Å². The average Bonchev–Trinajstić information content (AvgIpc) is 2.65. The van der Waals surface area contributed by atoms with Gasteiger partial charge < -0.3 is 10.4 Å². The molecule has 0 aliphatic heterocycles. The summed E-state index contributed by atoms with van der Waals surface area (Å²) in [5.41, 5.74) is 2.88.